The van der Waals surface area contributed by atoms with Crippen LogP contribution in [0.2, 0.25) is 0 Å². The molecule has 0 saturated heterocycles. The predicted octanol–water partition coefficient (Wildman–Crippen LogP) is 10.9. The standard InChI is InChI=1S/C39H26N2O/c1-3-13-27(14-4-1)28-15-11-19-31(25-28)41(30-17-5-2-6-18-30)32-20-12-16-29(26-32)39-40-37-35-23-9-7-21-33(35)34-22-8-10-24-36(34)38(37)42-39/h1-26H. The van der Waals surface area contributed by atoms with Crippen LogP contribution in [0.3, 0.4) is 0 Å². The van der Waals surface area contributed by atoms with Gasteiger partial charge in [-0.15, -0.1) is 0 Å². The number of hydrogen-bond acceptors (Lipinski definition) is 3. The van der Waals surface area contributed by atoms with Gasteiger partial charge in [-0.2, -0.15) is 0 Å². The van der Waals surface area contributed by atoms with Crippen molar-refractivity contribution in [2.45, 2.75) is 0 Å². The number of hydrogen-bond donors (Lipinski definition) is 0. The number of para-hydroxylation sites is 1. The molecule has 3 nitrogen and oxygen atoms in total. The van der Waals surface area contributed by atoms with Gasteiger partial charge in [0.15, 0.2) is 5.58 Å². The first-order chi connectivity index (χ1) is 20.8. The Morgan fingerprint density at radius 1 is 0.405 bits per heavy atom. The third-order valence-electron chi connectivity index (χ3n) is 7.85. The molecule has 0 radical (unpaired) electrons. The molecule has 0 bridgehead atoms. The maximum Gasteiger partial charge on any atom is 0.227 e. The van der Waals surface area contributed by atoms with Gasteiger partial charge in [-0.05, 0) is 64.4 Å². The zero-order valence-corrected chi connectivity index (χ0v) is 22.8. The summed E-state index contributed by atoms with van der Waals surface area (Å²) in [7, 11) is 0. The van der Waals surface area contributed by atoms with Gasteiger partial charge in [-0.1, -0.05) is 115 Å². The second kappa shape index (κ2) is 10.1. The van der Waals surface area contributed by atoms with Gasteiger partial charge in [0.25, 0.3) is 0 Å². The van der Waals surface area contributed by atoms with E-state index in [4.69, 9.17) is 9.40 Å². The molecule has 0 aliphatic heterocycles. The lowest BCUT2D eigenvalue weighted by molar-refractivity contribution is 0.623. The summed E-state index contributed by atoms with van der Waals surface area (Å²) >= 11 is 0. The molecule has 0 fully saturated rings. The Hall–Kier alpha value is -5.67. The van der Waals surface area contributed by atoms with E-state index in [-0.39, 0.29) is 0 Å². The van der Waals surface area contributed by atoms with Gasteiger partial charge in [0, 0.05) is 33.4 Å². The molecule has 0 spiro atoms. The predicted molar refractivity (Wildman–Crippen MR) is 175 cm³/mol. The SMILES string of the molecule is c1ccc(-c2cccc(N(c3ccccc3)c3cccc(-c4nc5c6ccccc6c6ccccc6c5o4)c3)c2)cc1. The Morgan fingerprint density at radius 2 is 0.905 bits per heavy atom. The molecular weight excluding hydrogens is 512 g/mol. The van der Waals surface area contributed by atoms with Crippen LogP contribution in [0, 0.1) is 0 Å². The van der Waals surface area contributed by atoms with Crippen molar-refractivity contribution in [2.24, 2.45) is 0 Å². The summed E-state index contributed by atoms with van der Waals surface area (Å²) in [4.78, 5) is 7.36. The average molecular weight is 539 g/mol. The maximum absolute atomic E-state index is 6.57. The van der Waals surface area contributed by atoms with E-state index in [1.54, 1.807) is 0 Å². The molecular formula is C39H26N2O. The van der Waals surface area contributed by atoms with Crippen molar-refractivity contribution in [2.75, 3.05) is 4.90 Å². The first kappa shape index (κ1) is 24.2. The van der Waals surface area contributed by atoms with Crippen molar-refractivity contribution >= 4 is 49.7 Å². The molecule has 0 amide bonds. The molecule has 0 aliphatic carbocycles. The topological polar surface area (TPSA) is 29.3 Å². The second-order valence-electron chi connectivity index (χ2n) is 10.4. The molecule has 8 rings (SSSR count). The molecule has 0 atom stereocenters. The van der Waals surface area contributed by atoms with Gasteiger partial charge in [0.2, 0.25) is 5.89 Å². The number of anilines is 3. The molecule has 7 aromatic carbocycles. The summed E-state index contributed by atoms with van der Waals surface area (Å²) in [5.74, 6) is 0.611. The van der Waals surface area contributed by atoms with Gasteiger partial charge in [0.1, 0.15) is 5.52 Å². The number of fused-ring (bicyclic) bond motifs is 6. The Kier molecular flexibility index (Phi) is 5.79. The van der Waals surface area contributed by atoms with Crippen molar-refractivity contribution in [3.8, 4) is 22.6 Å². The Labute approximate surface area is 243 Å². The largest absolute Gasteiger partial charge is 0.435 e. The highest BCUT2D eigenvalue weighted by molar-refractivity contribution is 6.22. The number of nitrogens with zero attached hydrogens (tertiary/aromatic N) is 2. The van der Waals surface area contributed by atoms with Crippen molar-refractivity contribution in [3.63, 3.8) is 0 Å². The zero-order chi connectivity index (χ0) is 27.9. The summed E-state index contributed by atoms with van der Waals surface area (Å²) in [5, 5.41) is 4.53. The fourth-order valence-corrected chi connectivity index (χ4v) is 5.91. The molecule has 0 aliphatic rings. The minimum Gasteiger partial charge on any atom is -0.435 e. The van der Waals surface area contributed by atoms with Crippen LogP contribution < -0.4 is 4.90 Å². The van der Waals surface area contributed by atoms with Crippen molar-refractivity contribution in [1.29, 1.82) is 0 Å². The van der Waals surface area contributed by atoms with Crippen LogP contribution in [0.4, 0.5) is 17.1 Å². The quantitative estimate of drug-likeness (QED) is 0.204. The molecule has 1 heterocycles. The molecule has 3 heteroatoms. The van der Waals surface area contributed by atoms with Crippen LogP contribution in [0.1, 0.15) is 0 Å². The fourth-order valence-electron chi connectivity index (χ4n) is 5.91. The summed E-state index contributed by atoms with van der Waals surface area (Å²) in [5.41, 5.74) is 8.18. The lowest BCUT2D eigenvalue weighted by Crippen LogP contribution is -2.10. The summed E-state index contributed by atoms with van der Waals surface area (Å²) in [6.07, 6.45) is 0. The highest BCUT2D eigenvalue weighted by Crippen LogP contribution is 2.40. The maximum atomic E-state index is 6.57. The van der Waals surface area contributed by atoms with E-state index in [9.17, 15) is 0 Å². The smallest absolute Gasteiger partial charge is 0.227 e. The molecule has 8 aromatic rings. The Morgan fingerprint density at radius 3 is 1.62 bits per heavy atom. The van der Waals surface area contributed by atoms with Gasteiger partial charge < -0.3 is 9.32 Å². The van der Waals surface area contributed by atoms with Gasteiger partial charge >= 0.3 is 0 Å². The van der Waals surface area contributed by atoms with Gasteiger partial charge in [-0.3, -0.25) is 0 Å². The number of benzene rings is 7. The van der Waals surface area contributed by atoms with E-state index in [1.165, 1.54) is 21.9 Å². The van der Waals surface area contributed by atoms with E-state index >= 15 is 0 Å². The molecule has 198 valence electrons. The number of aromatic nitrogens is 1. The minimum atomic E-state index is 0.611. The van der Waals surface area contributed by atoms with Crippen LogP contribution in [0.25, 0.3) is 55.2 Å². The summed E-state index contributed by atoms with van der Waals surface area (Å²) in [6.45, 7) is 0. The van der Waals surface area contributed by atoms with E-state index < -0.39 is 0 Å². The van der Waals surface area contributed by atoms with Crippen molar-refractivity contribution in [3.05, 3.63) is 158 Å². The molecule has 0 saturated carbocycles. The monoisotopic (exact) mass is 538 g/mol. The highest BCUT2D eigenvalue weighted by Gasteiger charge is 2.18. The minimum absolute atomic E-state index is 0.611. The lowest BCUT2D eigenvalue weighted by Gasteiger charge is -2.26. The van der Waals surface area contributed by atoms with E-state index in [0.717, 1.165) is 44.5 Å². The normalized spacial score (nSPS) is 11.3. The summed E-state index contributed by atoms with van der Waals surface area (Å²) in [6, 6.07) is 54.9. The molecule has 42 heavy (non-hydrogen) atoms. The van der Waals surface area contributed by atoms with Crippen LogP contribution >= 0.6 is 0 Å². The van der Waals surface area contributed by atoms with Gasteiger partial charge in [-0.25, -0.2) is 4.98 Å². The molecule has 0 N–H and O–H groups in total. The third kappa shape index (κ3) is 4.11. The van der Waals surface area contributed by atoms with Crippen molar-refractivity contribution < 1.29 is 4.42 Å². The fraction of sp³-hybridized carbons (Fsp3) is 0. The number of rotatable bonds is 5. The average Bonchev–Trinajstić information content (AvgIpc) is 3.53. The highest BCUT2D eigenvalue weighted by atomic mass is 16.3. The Bertz CT molecular complexity index is 2130. The van der Waals surface area contributed by atoms with Crippen LogP contribution in [-0.2, 0) is 0 Å². The molecule has 1 aromatic heterocycles. The molecule has 0 unspecified atom stereocenters. The van der Waals surface area contributed by atoms with E-state index in [2.05, 4.69) is 150 Å². The van der Waals surface area contributed by atoms with Crippen LogP contribution in [0.5, 0.6) is 0 Å². The summed E-state index contributed by atoms with van der Waals surface area (Å²) < 4.78 is 6.57. The lowest BCUT2D eigenvalue weighted by atomic mass is 10.0. The second-order valence-corrected chi connectivity index (χ2v) is 10.4. The van der Waals surface area contributed by atoms with E-state index in [1.807, 2.05) is 12.1 Å². The zero-order valence-electron chi connectivity index (χ0n) is 22.8. The van der Waals surface area contributed by atoms with Crippen molar-refractivity contribution in [1.82, 2.24) is 4.98 Å². The number of oxazole rings is 1. The van der Waals surface area contributed by atoms with Crippen LogP contribution in [0.15, 0.2) is 162 Å². The first-order valence-corrected chi connectivity index (χ1v) is 14.1. The van der Waals surface area contributed by atoms with Crippen LogP contribution in [-0.4, -0.2) is 4.98 Å². The first-order valence-electron chi connectivity index (χ1n) is 14.1. The van der Waals surface area contributed by atoms with E-state index in [0.29, 0.717) is 5.89 Å². The Balaban J connectivity index is 1.29. The third-order valence-corrected chi connectivity index (χ3v) is 7.85. The van der Waals surface area contributed by atoms with Gasteiger partial charge in [0.05, 0.1) is 0 Å².